The van der Waals surface area contributed by atoms with Crippen LogP contribution in [0.4, 0.5) is 0 Å². The molecule has 0 fully saturated rings. The van der Waals surface area contributed by atoms with Crippen LogP contribution in [0.3, 0.4) is 0 Å². The van der Waals surface area contributed by atoms with E-state index in [1.54, 1.807) is 0 Å². The van der Waals surface area contributed by atoms with Gasteiger partial charge in [0.2, 0.25) is 0 Å². The third-order valence-electron chi connectivity index (χ3n) is 1.60. The highest BCUT2D eigenvalue weighted by atomic mass is 127. The lowest BCUT2D eigenvalue weighted by atomic mass is 10.1. The summed E-state index contributed by atoms with van der Waals surface area (Å²) in [5.74, 6) is 5.30. The number of nitrogens with two attached hydrogens (primary N) is 1. The molecular weight excluding hydrogens is 251 g/mol. The minimum Gasteiger partial charge on any atom is -0.271 e. The molecule has 0 spiro atoms. The van der Waals surface area contributed by atoms with Crippen LogP contribution in [-0.4, -0.2) is 0 Å². The number of hydrogen-bond donors (Lipinski definition) is 2. The Labute approximate surface area is 80.3 Å². The molecule has 60 valence electrons. The van der Waals surface area contributed by atoms with Gasteiger partial charge in [-0.15, -0.1) is 0 Å². The fraction of sp³-hybridized carbons (Fsp3) is 0.250. The maximum atomic E-state index is 5.30. The Morgan fingerprint density at radius 2 is 2.27 bits per heavy atom. The van der Waals surface area contributed by atoms with Gasteiger partial charge in [-0.1, -0.05) is 12.1 Å². The summed E-state index contributed by atoms with van der Waals surface area (Å²) in [7, 11) is 0. The molecule has 11 heavy (non-hydrogen) atoms. The highest BCUT2D eigenvalue weighted by Crippen LogP contribution is 2.13. The molecule has 1 aromatic rings. The molecule has 0 saturated heterocycles. The first-order valence-corrected chi connectivity index (χ1v) is 4.53. The van der Waals surface area contributed by atoms with Crippen LogP contribution in [0.1, 0.15) is 18.5 Å². The second-order valence-corrected chi connectivity index (χ2v) is 3.69. The molecule has 0 amide bonds. The first-order chi connectivity index (χ1) is 5.24. The van der Waals surface area contributed by atoms with Crippen molar-refractivity contribution in [1.29, 1.82) is 0 Å². The van der Waals surface area contributed by atoms with Crippen molar-refractivity contribution in [2.75, 3.05) is 0 Å². The van der Waals surface area contributed by atoms with Crippen LogP contribution < -0.4 is 11.3 Å². The number of hydrogen-bond acceptors (Lipinski definition) is 2. The molecule has 0 bridgehead atoms. The van der Waals surface area contributed by atoms with Gasteiger partial charge in [-0.2, -0.15) is 0 Å². The van der Waals surface area contributed by atoms with E-state index in [0.717, 1.165) is 0 Å². The van der Waals surface area contributed by atoms with Gasteiger partial charge >= 0.3 is 0 Å². The van der Waals surface area contributed by atoms with E-state index in [-0.39, 0.29) is 6.04 Å². The van der Waals surface area contributed by atoms with Gasteiger partial charge in [0, 0.05) is 9.61 Å². The molecule has 1 aromatic carbocycles. The average Bonchev–Trinajstić information content (AvgIpc) is 2.03. The van der Waals surface area contributed by atoms with E-state index in [4.69, 9.17) is 5.84 Å². The summed E-state index contributed by atoms with van der Waals surface area (Å²) in [6.45, 7) is 2.03. The van der Waals surface area contributed by atoms with Crippen LogP contribution in [0, 0.1) is 3.57 Å². The smallest absolute Gasteiger partial charge is 0.0432 e. The topological polar surface area (TPSA) is 38.0 Å². The van der Waals surface area contributed by atoms with Gasteiger partial charge in [0.15, 0.2) is 0 Å². The average molecular weight is 262 g/mol. The van der Waals surface area contributed by atoms with Gasteiger partial charge in [0.05, 0.1) is 0 Å². The Morgan fingerprint density at radius 1 is 1.55 bits per heavy atom. The zero-order chi connectivity index (χ0) is 8.27. The molecular formula is C8H11IN2. The Hall–Kier alpha value is -0.130. The summed E-state index contributed by atoms with van der Waals surface area (Å²) in [5, 5.41) is 0. The van der Waals surface area contributed by atoms with Crippen molar-refractivity contribution in [1.82, 2.24) is 5.43 Å². The molecule has 0 saturated carbocycles. The summed E-state index contributed by atoms with van der Waals surface area (Å²) in [6.07, 6.45) is 0. The van der Waals surface area contributed by atoms with Crippen LogP contribution in [0.2, 0.25) is 0 Å². The Morgan fingerprint density at radius 3 is 2.82 bits per heavy atom. The van der Waals surface area contributed by atoms with Crippen LogP contribution in [0.25, 0.3) is 0 Å². The lowest BCUT2D eigenvalue weighted by Crippen LogP contribution is -2.25. The van der Waals surface area contributed by atoms with Crippen molar-refractivity contribution in [3.63, 3.8) is 0 Å². The van der Waals surface area contributed by atoms with Gasteiger partial charge in [0.1, 0.15) is 0 Å². The molecule has 0 aromatic heterocycles. The normalized spacial score (nSPS) is 13.0. The van der Waals surface area contributed by atoms with Crippen molar-refractivity contribution in [3.8, 4) is 0 Å². The summed E-state index contributed by atoms with van der Waals surface area (Å²) < 4.78 is 1.24. The monoisotopic (exact) mass is 262 g/mol. The van der Waals surface area contributed by atoms with Crippen molar-refractivity contribution < 1.29 is 0 Å². The van der Waals surface area contributed by atoms with Crippen LogP contribution in [0.5, 0.6) is 0 Å². The summed E-state index contributed by atoms with van der Waals surface area (Å²) in [4.78, 5) is 0. The molecule has 0 aliphatic rings. The third-order valence-corrected chi connectivity index (χ3v) is 2.27. The number of rotatable bonds is 2. The molecule has 3 heteroatoms. The zero-order valence-corrected chi connectivity index (χ0v) is 8.50. The molecule has 3 N–H and O–H groups in total. The summed E-state index contributed by atoms with van der Waals surface area (Å²) in [6, 6.07) is 8.50. The molecule has 0 heterocycles. The summed E-state index contributed by atoms with van der Waals surface area (Å²) in [5.41, 5.74) is 3.93. The maximum Gasteiger partial charge on any atom is 0.0432 e. The zero-order valence-electron chi connectivity index (χ0n) is 6.34. The molecule has 1 atom stereocenters. The summed E-state index contributed by atoms with van der Waals surface area (Å²) >= 11 is 2.29. The van der Waals surface area contributed by atoms with Gasteiger partial charge in [-0.3, -0.25) is 11.3 Å². The molecule has 0 aliphatic heterocycles. The second-order valence-electron chi connectivity index (χ2n) is 2.44. The van der Waals surface area contributed by atoms with Crippen molar-refractivity contribution in [3.05, 3.63) is 33.4 Å². The van der Waals surface area contributed by atoms with Gasteiger partial charge in [0.25, 0.3) is 0 Å². The second kappa shape index (κ2) is 4.04. The lowest BCUT2D eigenvalue weighted by molar-refractivity contribution is 0.602. The fourth-order valence-corrected chi connectivity index (χ4v) is 1.44. The Balaban J connectivity index is 2.86. The Kier molecular flexibility index (Phi) is 3.29. The quantitative estimate of drug-likeness (QED) is 0.484. The van der Waals surface area contributed by atoms with Crippen molar-refractivity contribution in [2.45, 2.75) is 13.0 Å². The van der Waals surface area contributed by atoms with Crippen LogP contribution in [0.15, 0.2) is 24.3 Å². The van der Waals surface area contributed by atoms with Gasteiger partial charge < -0.3 is 0 Å². The van der Waals surface area contributed by atoms with E-state index in [2.05, 4.69) is 46.2 Å². The standard InChI is InChI=1S/C8H11IN2/c1-6(11-10)7-3-2-4-8(9)5-7/h2-6,11H,10H2,1H3. The molecule has 1 unspecified atom stereocenters. The van der Waals surface area contributed by atoms with E-state index in [9.17, 15) is 0 Å². The first kappa shape index (κ1) is 8.96. The van der Waals surface area contributed by atoms with Crippen LogP contribution >= 0.6 is 22.6 Å². The van der Waals surface area contributed by atoms with E-state index in [0.29, 0.717) is 0 Å². The van der Waals surface area contributed by atoms with E-state index in [1.165, 1.54) is 9.13 Å². The number of nitrogens with one attached hydrogen (secondary N) is 1. The SMILES string of the molecule is CC(NN)c1cccc(I)c1. The van der Waals surface area contributed by atoms with Crippen molar-refractivity contribution >= 4 is 22.6 Å². The van der Waals surface area contributed by atoms with Gasteiger partial charge in [-0.25, -0.2) is 0 Å². The molecule has 1 rings (SSSR count). The number of hydrazine groups is 1. The number of benzene rings is 1. The minimum absolute atomic E-state index is 0.227. The highest BCUT2D eigenvalue weighted by molar-refractivity contribution is 14.1. The lowest BCUT2D eigenvalue weighted by Gasteiger charge is -2.09. The predicted octanol–water partition coefficient (Wildman–Crippen LogP) is 1.82. The molecule has 0 radical (unpaired) electrons. The maximum absolute atomic E-state index is 5.30. The van der Waals surface area contributed by atoms with E-state index in [1.807, 2.05) is 13.0 Å². The fourth-order valence-electron chi connectivity index (χ4n) is 0.872. The Bertz CT molecular complexity index is 237. The van der Waals surface area contributed by atoms with E-state index >= 15 is 0 Å². The van der Waals surface area contributed by atoms with Gasteiger partial charge in [-0.05, 0) is 47.2 Å². The first-order valence-electron chi connectivity index (χ1n) is 3.45. The molecule has 2 nitrogen and oxygen atoms in total. The largest absolute Gasteiger partial charge is 0.271 e. The van der Waals surface area contributed by atoms with E-state index < -0.39 is 0 Å². The number of halogens is 1. The third kappa shape index (κ3) is 2.43. The predicted molar refractivity (Wildman–Crippen MR) is 54.9 cm³/mol. The molecule has 0 aliphatic carbocycles. The minimum atomic E-state index is 0.227. The van der Waals surface area contributed by atoms with Crippen molar-refractivity contribution in [2.24, 2.45) is 5.84 Å². The highest BCUT2D eigenvalue weighted by Gasteiger charge is 2.00. The van der Waals surface area contributed by atoms with Crippen LogP contribution in [-0.2, 0) is 0 Å².